The molecule has 6 heteroatoms. The second kappa shape index (κ2) is 10.5. The molecule has 0 bridgehead atoms. The summed E-state index contributed by atoms with van der Waals surface area (Å²) >= 11 is 0. The molecule has 2 aromatic carbocycles. The molecule has 1 saturated heterocycles. The van der Waals surface area contributed by atoms with E-state index in [2.05, 4.69) is 27.7 Å². The quantitative estimate of drug-likeness (QED) is 0.699. The van der Waals surface area contributed by atoms with E-state index in [1.807, 2.05) is 36.2 Å². The highest BCUT2D eigenvalue weighted by Gasteiger charge is 2.18. The minimum Gasteiger partial charge on any atom is -0.375 e. The molecule has 0 radical (unpaired) electrons. The number of hydrogen-bond donors (Lipinski definition) is 2. The smallest absolute Gasteiger partial charge is 0.319 e. The normalized spacial score (nSPS) is 13.6. The van der Waals surface area contributed by atoms with Gasteiger partial charge in [-0.05, 0) is 56.0 Å². The summed E-state index contributed by atoms with van der Waals surface area (Å²) in [6.07, 6.45) is 4.15. The zero-order chi connectivity index (χ0) is 20.5. The van der Waals surface area contributed by atoms with Gasteiger partial charge in [0.1, 0.15) is 0 Å². The largest absolute Gasteiger partial charge is 0.375 e. The summed E-state index contributed by atoms with van der Waals surface area (Å²) in [5.41, 5.74) is 2.41. The Balaban J connectivity index is 1.42. The lowest BCUT2D eigenvalue weighted by atomic mass is 10.1. The summed E-state index contributed by atoms with van der Waals surface area (Å²) in [5, 5.41) is 5.70. The van der Waals surface area contributed by atoms with Gasteiger partial charge in [-0.1, -0.05) is 24.3 Å². The highest BCUT2D eigenvalue weighted by atomic mass is 16.2. The van der Waals surface area contributed by atoms with Gasteiger partial charge in [-0.15, -0.1) is 0 Å². The molecule has 1 fully saturated rings. The van der Waals surface area contributed by atoms with Crippen molar-refractivity contribution in [3.63, 3.8) is 0 Å². The Morgan fingerprint density at radius 2 is 1.76 bits per heavy atom. The van der Waals surface area contributed by atoms with Crippen LogP contribution in [0.1, 0.15) is 36.0 Å². The van der Waals surface area contributed by atoms with Crippen LogP contribution in [0.3, 0.4) is 0 Å². The molecule has 0 spiro atoms. The molecule has 2 aromatic rings. The molecule has 0 saturated carbocycles. The van der Waals surface area contributed by atoms with Gasteiger partial charge in [0.05, 0.1) is 0 Å². The number of hydrogen-bond acceptors (Lipinski definition) is 3. The summed E-state index contributed by atoms with van der Waals surface area (Å²) in [7, 11) is 2.04. The molecule has 6 nitrogen and oxygen atoms in total. The van der Waals surface area contributed by atoms with E-state index in [1.165, 1.54) is 6.42 Å². The maximum Gasteiger partial charge on any atom is 0.319 e. The standard InChI is InChI=1S/C23H30N4O2/c1-26(21-12-4-2-5-13-21)15-9-14-24-23(29)25-20-11-8-10-19(18-20)22(28)27-16-6-3-7-17-27/h2,4-5,8,10-13,18H,3,6-7,9,14-17H2,1H3,(H2,24,25,29). The number of anilines is 2. The maximum absolute atomic E-state index is 12.6. The Morgan fingerprint density at radius 1 is 1.00 bits per heavy atom. The van der Waals surface area contributed by atoms with E-state index in [1.54, 1.807) is 18.2 Å². The van der Waals surface area contributed by atoms with Crippen LogP contribution in [-0.2, 0) is 0 Å². The lowest BCUT2D eigenvalue weighted by Gasteiger charge is -2.26. The van der Waals surface area contributed by atoms with Crippen LogP contribution in [0.2, 0.25) is 0 Å². The Kier molecular flexibility index (Phi) is 7.50. The number of carbonyl (C=O) groups is 2. The predicted molar refractivity (Wildman–Crippen MR) is 118 cm³/mol. The number of rotatable bonds is 7. The third-order valence-corrected chi connectivity index (χ3v) is 5.16. The molecule has 3 amide bonds. The molecule has 0 unspecified atom stereocenters. The van der Waals surface area contributed by atoms with E-state index >= 15 is 0 Å². The Labute approximate surface area is 172 Å². The predicted octanol–water partition coefficient (Wildman–Crippen LogP) is 3.96. The van der Waals surface area contributed by atoms with Crippen LogP contribution in [0.15, 0.2) is 54.6 Å². The number of benzene rings is 2. The van der Waals surface area contributed by atoms with E-state index in [4.69, 9.17) is 0 Å². The van der Waals surface area contributed by atoms with Crippen molar-refractivity contribution >= 4 is 23.3 Å². The molecule has 0 aromatic heterocycles. The number of para-hydroxylation sites is 1. The average Bonchev–Trinajstić information content (AvgIpc) is 2.77. The molecule has 3 rings (SSSR count). The first-order valence-corrected chi connectivity index (χ1v) is 10.3. The fourth-order valence-corrected chi connectivity index (χ4v) is 3.51. The number of likely N-dealkylation sites (tertiary alicyclic amines) is 1. The van der Waals surface area contributed by atoms with Crippen molar-refractivity contribution in [3.05, 3.63) is 60.2 Å². The topological polar surface area (TPSA) is 64.7 Å². The number of piperidine rings is 1. The maximum atomic E-state index is 12.6. The molecule has 0 atom stereocenters. The third-order valence-electron chi connectivity index (χ3n) is 5.16. The minimum absolute atomic E-state index is 0.0395. The molecular formula is C23H30N4O2. The van der Waals surface area contributed by atoms with Gasteiger partial charge in [0.25, 0.3) is 5.91 Å². The van der Waals surface area contributed by atoms with Gasteiger partial charge < -0.3 is 20.4 Å². The first-order chi connectivity index (χ1) is 14.1. The SMILES string of the molecule is CN(CCCNC(=O)Nc1cccc(C(=O)N2CCCCC2)c1)c1ccccc1. The molecule has 1 aliphatic rings. The molecule has 1 heterocycles. The second-order valence-electron chi connectivity index (χ2n) is 7.43. The molecular weight excluding hydrogens is 364 g/mol. The minimum atomic E-state index is -0.255. The number of carbonyl (C=O) groups excluding carboxylic acids is 2. The van der Waals surface area contributed by atoms with E-state index in [-0.39, 0.29) is 11.9 Å². The van der Waals surface area contributed by atoms with Crippen molar-refractivity contribution in [1.29, 1.82) is 0 Å². The van der Waals surface area contributed by atoms with Crippen LogP contribution in [-0.4, -0.2) is 50.1 Å². The van der Waals surface area contributed by atoms with Gasteiger partial charge in [-0.25, -0.2) is 4.79 Å². The van der Waals surface area contributed by atoms with Gasteiger partial charge in [0.15, 0.2) is 0 Å². The summed E-state index contributed by atoms with van der Waals surface area (Å²) in [6, 6.07) is 17.1. The van der Waals surface area contributed by atoms with Crippen molar-refractivity contribution < 1.29 is 9.59 Å². The van der Waals surface area contributed by atoms with Gasteiger partial charge >= 0.3 is 6.03 Å². The van der Waals surface area contributed by atoms with Crippen LogP contribution < -0.4 is 15.5 Å². The van der Waals surface area contributed by atoms with Crippen LogP contribution in [0, 0.1) is 0 Å². The molecule has 0 aliphatic carbocycles. The van der Waals surface area contributed by atoms with Gasteiger partial charge in [0.2, 0.25) is 0 Å². The fraction of sp³-hybridized carbons (Fsp3) is 0.391. The molecule has 1 aliphatic heterocycles. The van der Waals surface area contributed by atoms with E-state index < -0.39 is 0 Å². The van der Waals surface area contributed by atoms with Gasteiger partial charge in [0, 0.05) is 50.2 Å². The Bertz CT molecular complexity index is 804. The van der Waals surface area contributed by atoms with E-state index in [0.29, 0.717) is 17.8 Å². The Hall–Kier alpha value is -3.02. The highest BCUT2D eigenvalue weighted by Crippen LogP contribution is 2.16. The summed E-state index contributed by atoms with van der Waals surface area (Å²) < 4.78 is 0. The summed E-state index contributed by atoms with van der Waals surface area (Å²) in [4.78, 5) is 28.9. The fourth-order valence-electron chi connectivity index (χ4n) is 3.51. The Morgan fingerprint density at radius 3 is 2.52 bits per heavy atom. The second-order valence-corrected chi connectivity index (χ2v) is 7.43. The highest BCUT2D eigenvalue weighted by molar-refractivity contribution is 5.97. The lowest BCUT2D eigenvalue weighted by Crippen LogP contribution is -2.35. The van der Waals surface area contributed by atoms with E-state index in [0.717, 1.165) is 44.6 Å². The van der Waals surface area contributed by atoms with Crippen LogP contribution in [0.5, 0.6) is 0 Å². The van der Waals surface area contributed by atoms with Crippen molar-refractivity contribution in [3.8, 4) is 0 Å². The van der Waals surface area contributed by atoms with Crippen molar-refractivity contribution in [1.82, 2.24) is 10.2 Å². The zero-order valence-electron chi connectivity index (χ0n) is 17.1. The third kappa shape index (κ3) is 6.24. The van der Waals surface area contributed by atoms with E-state index in [9.17, 15) is 9.59 Å². The van der Waals surface area contributed by atoms with Crippen molar-refractivity contribution in [2.24, 2.45) is 0 Å². The van der Waals surface area contributed by atoms with Crippen LogP contribution >= 0.6 is 0 Å². The average molecular weight is 395 g/mol. The number of nitrogens with zero attached hydrogens (tertiary/aromatic N) is 2. The number of amides is 3. The molecule has 154 valence electrons. The first-order valence-electron chi connectivity index (χ1n) is 10.3. The zero-order valence-corrected chi connectivity index (χ0v) is 17.1. The van der Waals surface area contributed by atoms with Crippen LogP contribution in [0.25, 0.3) is 0 Å². The molecule has 2 N–H and O–H groups in total. The van der Waals surface area contributed by atoms with Crippen molar-refractivity contribution in [2.75, 3.05) is 43.4 Å². The first kappa shape index (κ1) is 20.7. The summed E-state index contributed by atoms with van der Waals surface area (Å²) in [6.45, 7) is 3.06. The number of nitrogens with one attached hydrogen (secondary N) is 2. The van der Waals surface area contributed by atoms with Gasteiger partial charge in [-0.2, -0.15) is 0 Å². The lowest BCUT2D eigenvalue weighted by molar-refractivity contribution is 0.0724. The molecule has 29 heavy (non-hydrogen) atoms. The van der Waals surface area contributed by atoms with Gasteiger partial charge in [-0.3, -0.25) is 4.79 Å². The monoisotopic (exact) mass is 394 g/mol. The number of urea groups is 1. The van der Waals surface area contributed by atoms with Crippen molar-refractivity contribution in [2.45, 2.75) is 25.7 Å². The summed E-state index contributed by atoms with van der Waals surface area (Å²) in [5.74, 6) is 0.0395. The van der Waals surface area contributed by atoms with Crippen LogP contribution in [0.4, 0.5) is 16.2 Å².